The third kappa shape index (κ3) is 4.77. The molecular formula is C15H21BrFNO. The van der Waals surface area contributed by atoms with Crippen LogP contribution >= 0.6 is 15.9 Å². The monoisotopic (exact) mass is 329 g/mol. The van der Waals surface area contributed by atoms with Crippen molar-refractivity contribution in [2.45, 2.75) is 38.6 Å². The van der Waals surface area contributed by atoms with E-state index in [9.17, 15) is 4.39 Å². The Morgan fingerprint density at radius 3 is 3.05 bits per heavy atom. The molecule has 2 atom stereocenters. The third-order valence-electron chi connectivity index (χ3n) is 3.62. The lowest BCUT2D eigenvalue weighted by Gasteiger charge is -2.27. The zero-order valence-corrected chi connectivity index (χ0v) is 12.9. The van der Waals surface area contributed by atoms with Gasteiger partial charge in [-0.15, -0.1) is 0 Å². The zero-order valence-electron chi connectivity index (χ0n) is 11.3. The van der Waals surface area contributed by atoms with Crippen LogP contribution < -0.4 is 10.1 Å². The first-order chi connectivity index (χ1) is 9.15. The molecule has 0 bridgehead atoms. The second kappa shape index (κ2) is 7.25. The predicted molar refractivity (Wildman–Crippen MR) is 79.0 cm³/mol. The van der Waals surface area contributed by atoms with E-state index in [-0.39, 0.29) is 5.82 Å². The van der Waals surface area contributed by atoms with Crippen molar-refractivity contribution < 1.29 is 9.13 Å². The lowest BCUT2D eigenvalue weighted by atomic mass is 9.87. The van der Waals surface area contributed by atoms with Crippen molar-refractivity contribution in [3.63, 3.8) is 0 Å². The number of rotatable bonds is 5. The van der Waals surface area contributed by atoms with Crippen LogP contribution in [0.2, 0.25) is 0 Å². The number of nitrogens with one attached hydrogen (secondary N) is 1. The smallest absolute Gasteiger partial charge is 0.136 e. The molecule has 4 heteroatoms. The topological polar surface area (TPSA) is 21.3 Å². The Morgan fingerprint density at radius 2 is 2.26 bits per heavy atom. The largest absolute Gasteiger partial charge is 0.491 e. The van der Waals surface area contributed by atoms with Crippen LogP contribution in [0, 0.1) is 11.7 Å². The molecule has 0 heterocycles. The molecule has 2 unspecified atom stereocenters. The Kier molecular flexibility index (Phi) is 5.64. The lowest BCUT2D eigenvalue weighted by Crippen LogP contribution is -2.36. The van der Waals surface area contributed by atoms with Crippen molar-refractivity contribution in [1.82, 2.24) is 5.32 Å². The van der Waals surface area contributed by atoms with Gasteiger partial charge in [-0.1, -0.05) is 19.8 Å². The molecule has 106 valence electrons. The quantitative estimate of drug-likeness (QED) is 0.820. The van der Waals surface area contributed by atoms with Crippen molar-refractivity contribution in [1.29, 1.82) is 0 Å². The van der Waals surface area contributed by atoms with Gasteiger partial charge in [0.05, 0.1) is 4.47 Å². The highest BCUT2D eigenvalue weighted by molar-refractivity contribution is 9.10. The van der Waals surface area contributed by atoms with E-state index in [1.807, 2.05) is 0 Å². The second-order valence-corrected chi connectivity index (χ2v) is 6.20. The van der Waals surface area contributed by atoms with Crippen LogP contribution in [-0.2, 0) is 0 Å². The number of ether oxygens (including phenoxy) is 1. The molecule has 2 rings (SSSR count). The third-order valence-corrected chi connectivity index (χ3v) is 4.28. The molecule has 1 fully saturated rings. The van der Waals surface area contributed by atoms with E-state index in [0.29, 0.717) is 18.4 Å². The maximum atomic E-state index is 13.1. The maximum Gasteiger partial charge on any atom is 0.136 e. The molecule has 0 aliphatic heterocycles. The molecular weight excluding hydrogens is 309 g/mol. The molecule has 2 nitrogen and oxygen atoms in total. The van der Waals surface area contributed by atoms with E-state index < -0.39 is 0 Å². The Morgan fingerprint density at radius 1 is 1.42 bits per heavy atom. The Bertz CT molecular complexity index is 413. The summed E-state index contributed by atoms with van der Waals surface area (Å²) in [5, 5.41) is 3.52. The molecule has 0 saturated heterocycles. The number of hydrogen-bond donors (Lipinski definition) is 1. The van der Waals surface area contributed by atoms with E-state index >= 15 is 0 Å². The minimum atomic E-state index is -0.271. The van der Waals surface area contributed by atoms with Gasteiger partial charge in [0.25, 0.3) is 0 Å². The highest BCUT2D eigenvalue weighted by Gasteiger charge is 2.17. The van der Waals surface area contributed by atoms with Gasteiger partial charge in [0.15, 0.2) is 0 Å². The van der Waals surface area contributed by atoms with E-state index in [4.69, 9.17) is 4.74 Å². The molecule has 0 spiro atoms. The predicted octanol–water partition coefficient (Wildman–Crippen LogP) is 4.14. The average molecular weight is 330 g/mol. The highest BCUT2D eigenvalue weighted by atomic mass is 79.9. The summed E-state index contributed by atoms with van der Waals surface area (Å²) in [6.07, 6.45) is 5.18. The van der Waals surface area contributed by atoms with Crippen LogP contribution in [0.4, 0.5) is 4.39 Å². The number of benzene rings is 1. The van der Waals surface area contributed by atoms with Crippen LogP contribution in [-0.4, -0.2) is 19.2 Å². The molecule has 1 saturated carbocycles. The number of halogens is 2. The first-order valence-corrected chi connectivity index (χ1v) is 7.75. The summed E-state index contributed by atoms with van der Waals surface area (Å²) < 4.78 is 19.5. The summed E-state index contributed by atoms with van der Waals surface area (Å²) in [7, 11) is 0. The van der Waals surface area contributed by atoms with Crippen molar-refractivity contribution >= 4 is 15.9 Å². The van der Waals surface area contributed by atoms with Crippen LogP contribution in [0.1, 0.15) is 32.6 Å². The molecule has 0 aromatic heterocycles. The van der Waals surface area contributed by atoms with Crippen LogP contribution in [0.15, 0.2) is 22.7 Å². The Labute approximate surface area is 122 Å². The molecule has 1 aromatic rings. The van der Waals surface area contributed by atoms with Gasteiger partial charge in [0.1, 0.15) is 18.2 Å². The van der Waals surface area contributed by atoms with Crippen LogP contribution in [0.25, 0.3) is 0 Å². The summed E-state index contributed by atoms with van der Waals surface area (Å²) in [4.78, 5) is 0. The van der Waals surface area contributed by atoms with Gasteiger partial charge in [-0.3, -0.25) is 0 Å². The van der Waals surface area contributed by atoms with Gasteiger partial charge in [-0.25, -0.2) is 4.39 Å². The normalized spacial score (nSPS) is 23.3. The Balaban J connectivity index is 1.70. The summed E-state index contributed by atoms with van der Waals surface area (Å²) in [5.74, 6) is 1.12. The second-order valence-electron chi connectivity index (χ2n) is 5.35. The van der Waals surface area contributed by atoms with Crippen molar-refractivity contribution in [2.24, 2.45) is 5.92 Å². The fraction of sp³-hybridized carbons (Fsp3) is 0.600. The zero-order chi connectivity index (χ0) is 13.7. The molecule has 1 aliphatic rings. The van der Waals surface area contributed by atoms with Gasteiger partial charge in [-0.05, 0) is 46.8 Å². The summed E-state index contributed by atoms with van der Waals surface area (Å²) in [6.45, 7) is 3.68. The van der Waals surface area contributed by atoms with Gasteiger partial charge in [0.2, 0.25) is 0 Å². The van der Waals surface area contributed by atoms with Crippen LogP contribution in [0.3, 0.4) is 0 Å². The highest BCUT2D eigenvalue weighted by Crippen LogP contribution is 2.25. The Hall–Kier alpha value is -0.610. The first kappa shape index (κ1) is 14.8. The van der Waals surface area contributed by atoms with E-state index in [1.165, 1.54) is 37.8 Å². The first-order valence-electron chi connectivity index (χ1n) is 6.96. The van der Waals surface area contributed by atoms with E-state index in [0.717, 1.165) is 16.9 Å². The maximum absolute atomic E-state index is 13.1. The van der Waals surface area contributed by atoms with Crippen molar-refractivity contribution in [2.75, 3.05) is 13.2 Å². The molecule has 1 N–H and O–H groups in total. The fourth-order valence-electron chi connectivity index (χ4n) is 2.63. The van der Waals surface area contributed by atoms with Crippen molar-refractivity contribution in [3.8, 4) is 5.75 Å². The van der Waals surface area contributed by atoms with E-state index in [1.54, 1.807) is 6.07 Å². The van der Waals surface area contributed by atoms with Gasteiger partial charge < -0.3 is 10.1 Å². The summed E-state index contributed by atoms with van der Waals surface area (Å²) in [5.41, 5.74) is 0. The van der Waals surface area contributed by atoms with Crippen molar-refractivity contribution in [3.05, 3.63) is 28.5 Å². The SMILES string of the molecule is CC1CCCC(NCCOc2cc(F)ccc2Br)C1. The van der Waals surface area contributed by atoms with Crippen LogP contribution in [0.5, 0.6) is 5.75 Å². The molecule has 19 heavy (non-hydrogen) atoms. The van der Waals surface area contributed by atoms with Gasteiger partial charge in [0, 0.05) is 18.7 Å². The standard InChI is InChI=1S/C15H21BrFNO/c1-11-3-2-4-13(9-11)18-7-8-19-15-10-12(17)5-6-14(15)16/h5-6,10-11,13,18H,2-4,7-9H2,1H3. The molecule has 0 amide bonds. The van der Waals surface area contributed by atoms with E-state index in [2.05, 4.69) is 28.2 Å². The summed E-state index contributed by atoms with van der Waals surface area (Å²) in [6, 6.07) is 5.11. The van der Waals surface area contributed by atoms with Gasteiger partial charge >= 0.3 is 0 Å². The minimum Gasteiger partial charge on any atom is -0.491 e. The fourth-order valence-corrected chi connectivity index (χ4v) is 2.99. The molecule has 1 aliphatic carbocycles. The van der Waals surface area contributed by atoms with Gasteiger partial charge in [-0.2, -0.15) is 0 Å². The number of hydrogen-bond acceptors (Lipinski definition) is 2. The summed E-state index contributed by atoms with van der Waals surface area (Å²) >= 11 is 3.35. The molecule has 0 radical (unpaired) electrons. The lowest BCUT2D eigenvalue weighted by molar-refractivity contribution is 0.265. The minimum absolute atomic E-state index is 0.271. The average Bonchev–Trinajstić information content (AvgIpc) is 2.39. The molecule has 1 aromatic carbocycles.